The van der Waals surface area contributed by atoms with Gasteiger partial charge in [-0.3, -0.25) is 9.59 Å². The molecular formula is C16H9N3O4. The van der Waals surface area contributed by atoms with E-state index in [1.165, 1.54) is 24.4 Å². The van der Waals surface area contributed by atoms with Gasteiger partial charge in [-0.15, -0.1) is 0 Å². The molecule has 0 spiro atoms. The van der Waals surface area contributed by atoms with Crippen LogP contribution in [0.5, 0.6) is 0 Å². The highest BCUT2D eigenvalue weighted by Crippen LogP contribution is 2.23. The first-order valence-electron chi connectivity index (χ1n) is 6.60. The zero-order valence-electron chi connectivity index (χ0n) is 11.9. The molecule has 0 bridgehead atoms. The minimum absolute atomic E-state index is 0.0990. The number of hydrogen-bond acceptors (Lipinski definition) is 6. The van der Waals surface area contributed by atoms with E-state index in [0.29, 0.717) is 16.2 Å². The number of amides is 2. The van der Waals surface area contributed by atoms with Crippen LogP contribution in [-0.2, 0) is 4.84 Å². The molecule has 0 saturated carbocycles. The number of benzene rings is 1. The number of hydrogen-bond donors (Lipinski definition) is 0. The Morgan fingerprint density at radius 1 is 1.22 bits per heavy atom. The molecule has 1 aromatic carbocycles. The minimum Gasteiger partial charge on any atom is -0.323 e. The van der Waals surface area contributed by atoms with Crippen LogP contribution in [-0.4, -0.2) is 27.8 Å². The highest BCUT2D eigenvalue weighted by Gasteiger charge is 2.38. The normalized spacial score (nSPS) is 12.8. The van der Waals surface area contributed by atoms with Crippen LogP contribution in [0.2, 0.25) is 0 Å². The van der Waals surface area contributed by atoms with Crippen molar-refractivity contribution in [2.75, 3.05) is 0 Å². The lowest BCUT2D eigenvalue weighted by Crippen LogP contribution is -2.33. The molecule has 2 aromatic rings. The monoisotopic (exact) mass is 307 g/mol. The maximum atomic E-state index is 12.1. The smallest absolute Gasteiger partial charge is 0.323 e. The van der Waals surface area contributed by atoms with Gasteiger partial charge in [-0.2, -0.15) is 5.26 Å². The fourth-order valence-electron chi connectivity index (χ4n) is 2.16. The first kappa shape index (κ1) is 14.4. The van der Waals surface area contributed by atoms with E-state index in [9.17, 15) is 14.4 Å². The number of carbonyl (C=O) groups excluding carboxylic acids is 3. The second-order valence-electron chi connectivity index (χ2n) is 4.83. The molecule has 3 rings (SSSR count). The summed E-state index contributed by atoms with van der Waals surface area (Å²) >= 11 is 0. The van der Waals surface area contributed by atoms with Crippen molar-refractivity contribution in [3.05, 3.63) is 64.5 Å². The summed E-state index contributed by atoms with van der Waals surface area (Å²) in [5.74, 6) is -2.36. The molecule has 1 aromatic heterocycles. The molecule has 0 radical (unpaired) electrons. The standard InChI is InChI=1S/C16H9N3O4/c1-9-6-13(18-8-10(9)7-17)16(22)23-19-14(20)11-4-2-3-5-12(11)15(19)21/h2-6,8H,1H3. The van der Waals surface area contributed by atoms with Gasteiger partial charge < -0.3 is 4.84 Å². The first-order chi connectivity index (χ1) is 11.0. The van der Waals surface area contributed by atoms with Gasteiger partial charge >= 0.3 is 5.97 Å². The number of nitrogens with zero attached hydrogens (tertiary/aromatic N) is 3. The van der Waals surface area contributed by atoms with Gasteiger partial charge in [0.25, 0.3) is 11.8 Å². The average Bonchev–Trinajstić information content (AvgIpc) is 2.80. The van der Waals surface area contributed by atoms with Gasteiger partial charge in [-0.25, -0.2) is 9.78 Å². The van der Waals surface area contributed by atoms with Crippen LogP contribution in [0.3, 0.4) is 0 Å². The molecule has 112 valence electrons. The molecular weight excluding hydrogens is 298 g/mol. The Labute approximate surface area is 130 Å². The summed E-state index contributed by atoms with van der Waals surface area (Å²) in [7, 11) is 0. The number of aryl methyl sites for hydroxylation is 1. The number of hydroxylamine groups is 2. The van der Waals surface area contributed by atoms with Gasteiger partial charge in [-0.05, 0) is 30.7 Å². The molecule has 0 saturated heterocycles. The molecule has 23 heavy (non-hydrogen) atoms. The zero-order chi connectivity index (χ0) is 16.6. The molecule has 7 heteroatoms. The van der Waals surface area contributed by atoms with Gasteiger partial charge in [0.2, 0.25) is 0 Å². The van der Waals surface area contributed by atoms with Crippen molar-refractivity contribution in [1.29, 1.82) is 5.26 Å². The summed E-state index contributed by atoms with van der Waals surface area (Å²) in [5, 5.41) is 9.26. The zero-order valence-corrected chi connectivity index (χ0v) is 11.9. The van der Waals surface area contributed by atoms with Crippen LogP contribution in [0.15, 0.2) is 36.5 Å². The number of rotatable bonds is 2. The van der Waals surface area contributed by atoms with Crippen molar-refractivity contribution in [3.63, 3.8) is 0 Å². The molecule has 2 amide bonds. The quantitative estimate of drug-likeness (QED) is 0.782. The van der Waals surface area contributed by atoms with E-state index >= 15 is 0 Å². The van der Waals surface area contributed by atoms with Crippen LogP contribution in [0.25, 0.3) is 0 Å². The number of fused-ring (bicyclic) bond motifs is 1. The second kappa shape index (κ2) is 5.35. The van der Waals surface area contributed by atoms with Crippen molar-refractivity contribution in [2.45, 2.75) is 6.92 Å². The average molecular weight is 307 g/mol. The predicted molar refractivity (Wildman–Crippen MR) is 76.0 cm³/mol. The van der Waals surface area contributed by atoms with E-state index in [2.05, 4.69) is 4.98 Å². The molecule has 0 unspecified atom stereocenters. The van der Waals surface area contributed by atoms with Crippen molar-refractivity contribution in [3.8, 4) is 6.07 Å². The lowest BCUT2D eigenvalue weighted by molar-refractivity contribution is -0.0588. The van der Waals surface area contributed by atoms with Crippen LogP contribution in [0, 0.1) is 18.3 Å². The summed E-state index contributed by atoms with van der Waals surface area (Å²) in [5.41, 5.74) is 1.11. The Bertz CT molecular complexity index is 863. The third-order valence-corrected chi connectivity index (χ3v) is 3.37. The third kappa shape index (κ3) is 2.32. The summed E-state index contributed by atoms with van der Waals surface area (Å²) in [6.07, 6.45) is 1.23. The molecule has 1 aliphatic rings. The predicted octanol–water partition coefficient (Wildman–Crippen LogP) is 1.63. The second-order valence-corrected chi connectivity index (χ2v) is 4.83. The lowest BCUT2D eigenvalue weighted by atomic mass is 10.1. The molecule has 7 nitrogen and oxygen atoms in total. The van der Waals surface area contributed by atoms with Crippen molar-refractivity contribution < 1.29 is 19.2 Å². The first-order valence-corrected chi connectivity index (χ1v) is 6.60. The number of imide groups is 1. The fourth-order valence-corrected chi connectivity index (χ4v) is 2.16. The number of nitriles is 1. The van der Waals surface area contributed by atoms with E-state index in [-0.39, 0.29) is 16.8 Å². The summed E-state index contributed by atoms with van der Waals surface area (Å²) < 4.78 is 0. The topological polar surface area (TPSA) is 100 Å². The van der Waals surface area contributed by atoms with Crippen LogP contribution < -0.4 is 0 Å². The maximum Gasteiger partial charge on any atom is 0.382 e. The fraction of sp³-hybridized carbons (Fsp3) is 0.0625. The van der Waals surface area contributed by atoms with Crippen molar-refractivity contribution >= 4 is 17.8 Å². The van der Waals surface area contributed by atoms with Gasteiger partial charge in [0.15, 0.2) is 5.69 Å². The third-order valence-electron chi connectivity index (χ3n) is 3.37. The van der Waals surface area contributed by atoms with E-state index in [1.54, 1.807) is 19.1 Å². The summed E-state index contributed by atoms with van der Waals surface area (Å²) in [4.78, 5) is 45.0. The van der Waals surface area contributed by atoms with Crippen LogP contribution >= 0.6 is 0 Å². The van der Waals surface area contributed by atoms with Gasteiger partial charge in [0, 0.05) is 6.20 Å². The molecule has 1 aliphatic heterocycles. The lowest BCUT2D eigenvalue weighted by Gasteiger charge is -2.12. The Hall–Kier alpha value is -3.53. The van der Waals surface area contributed by atoms with Crippen LogP contribution in [0.1, 0.15) is 42.3 Å². The molecule has 0 atom stereocenters. The Kier molecular flexibility index (Phi) is 3.35. The Balaban J connectivity index is 1.85. The largest absolute Gasteiger partial charge is 0.382 e. The molecule has 2 heterocycles. The Morgan fingerprint density at radius 3 is 2.35 bits per heavy atom. The van der Waals surface area contributed by atoms with Gasteiger partial charge in [-0.1, -0.05) is 17.2 Å². The molecule has 0 fully saturated rings. The van der Waals surface area contributed by atoms with Crippen LogP contribution in [0.4, 0.5) is 0 Å². The Morgan fingerprint density at radius 2 is 1.83 bits per heavy atom. The summed E-state index contributed by atoms with van der Waals surface area (Å²) in [6, 6.07) is 9.47. The van der Waals surface area contributed by atoms with E-state index < -0.39 is 17.8 Å². The van der Waals surface area contributed by atoms with Crippen molar-refractivity contribution in [1.82, 2.24) is 10.0 Å². The minimum atomic E-state index is -0.952. The maximum absolute atomic E-state index is 12.1. The number of pyridine rings is 1. The van der Waals surface area contributed by atoms with Crippen molar-refractivity contribution in [2.24, 2.45) is 0 Å². The molecule has 0 aliphatic carbocycles. The SMILES string of the molecule is Cc1cc(C(=O)ON2C(=O)c3ccccc3C2=O)ncc1C#N. The summed E-state index contributed by atoms with van der Waals surface area (Å²) in [6.45, 7) is 1.64. The highest BCUT2D eigenvalue weighted by molar-refractivity contribution is 6.21. The van der Waals surface area contributed by atoms with E-state index in [1.807, 2.05) is 6.07 Å². The molecule has 0 N–H and O–H groups in total. The van der Waals surface area contributed by atoms with E-state index in [0.717, 1.165) is 0 Å². The highest BCUT2D eigenvalue weighted by atomic mass is 16.7. The number of aromatic nitrogens is 1. The van der Waals surface area contributed by atoms with Gasteiger partial charge in [0.05, 0.1) is 16.7 Å². The van der Waals surface area contributed by atoms with Gasteiger partial charge in [0.1, 0.15) is 6.07 Å². The number of carbonyl (C=O) groups is 3. The van der Waals surface area contributed by atoms with E-state index in [4.69, 9.17) is 10.1 Å².